The quantitative estimate of drug-likeness (QED) is 0.152. The van der Waals surface area contributed by atoms with Gasteiger partial charge in [-0.25, -0.2) is 4.39 Å². The molecule has 0 aliphatic rings. The second kappa shape index (κ2) is 14.5. The first-order valence-corrected chi connectivity index (χ1v) is 13.1. The van der Waals surface area contributed by atoms with Gasteiger partial charge in [-0.3, -0.25) is 0 Å². The maximum Gasteiger partial charge on any atom is 0.419 e. The number of ether oxygens (including phenoxy) is 1. The van der Waals surface area contributed by atoms with E-state index < -0.39 is 26.4 Å². The first-order valence-electron chi connectivity index (χ1n) is 11.1. The summed E-state index contributed by atoms with van der Waals surface area (Å²) in [6.45, 7) is 3.87. The monoisotopic (exact) mass is 549 g/mol. The maximum atomic E-state index is 13.7. The molecule has 0 fully saturated rings. The fourth-order valence-corrected chi connectivity index (χ4v) is 4.11. The second-order valence-corrected chi connectivity index (χ2v) is 9.01. The Morgan fingerprint density at radius 2 is 1.75 bits per heavy atom. The highest BCUT2D eigenvalue weighted by molar-refractivity contribution is 7.39. The molecular formula is C23H28F4N3O4PS. The van der Waals surface area contributed by atoms with E-state index in [1.165, 1.54) is 24.3 Å². The van der Waals surface area contributed by atoms with Gasteiger partial charge in [0.15, 0.2) is 0 Å². The van der Waals surface area contributed by atoms with Gasteiger partial charge < -0.3 is 24.8 Å². The van der Waals surface area contributed by atoms with Gasteiger partial charge in [-0.2, -0.15) is 13.2 Å². The Bertz CT molecular complexity index is 1070. The van der Waals surface area contributed by atoms with Crippen LogP contribution in [0.15, 0.2) is 42.5 Å². The van der Waals surface area contributed by atoms with Gasteiger partial charge >= 0.3 is 14.8 Å². The van der Waals surface area contributed by atoms with E-state index in [0.29, 0.717) is 19.3 Å². The summed E-state index contributed by atoms with van der Waals surface area (Å²) in [5, 5.41) is 8.25. The lowest BCUT2D eigenvalue weighted by Crippen LogP contribution is -2.15. The third-order valence-corrected chi connectivity index (χ3v) is 6.17. The highest BCUT2D eigenvalue weighted by atomic mass is 32.1. The molecule has 0 amide bonds. The molecule has 1 atom stereocenters. The van der Waals surface area contributed by atoms with E-state index >= 15 is 0 Å². The van der Waals surface area contributed by atoms with Crippen molar-refractivity contribution in [3.05, 3.63) is 64.4 Å². The van der Waals surface area contributed by atoms with Crippen molar-refractivity contribution in [2.75, 3.05) is 13.2 Å². The van der Waals surface area contributed by atoms with Gasteiger partial charge in [-0.05, 0) is 55.2 Å². The van der Waals surface area contributed by atoms with Gasteiger partial charge in [-0.15, -0.1) is 10.2 Å². The van der Waals surface area contributed by atoms with Crippen LogP contribution >= 0.6 is 19.9 Å². The molecule has 0 spiro atoms. The molecule has 7 nitrogen and oxygen atoms in total. The third kappa shape index (κ3) is 9.34. The molecule has 0 aliphatic carbocycles. The minimum absolute atomic E-state index is 0.0969. The second-order valence-electron chi connectivity index (χ2n) is 7.24. The van der Waals surface area contributed by atoms with Crippen LogP contribution in [0.3, 0.4) is 0 Å². The Labute approximate surface area is 211 Å². The number of nitrogens with two attached hydrogens (primary N) is 1. The van der Waals surface area contributed by atoms with Crippen LogP contribution in [0.1, 0.15) is 48.9 Å². The van der Waals surface area contributed by atoms with Crippen LogP contribution < -0.4 is 10.5 Å². The summed E-state index contributed by atoms with van der Waals surface area (Å²) in [7, 11) is -2.58. The summed E-state index contributed by atoms with van der Waals surface area (Å²) in [4.78, 5) is 17.6. The number of hydrogen-bond donors (Lipinski definition) is 3. The molecule has 1 aromatic heterocycles. The van der Waals surface area contributed by atoms with Gasteiger partial charge in [0, 0.05) is 5.56 Å². The van der Waals surface area contributed by atoms with E-state index in [-0.39, 0.29) is 40.4 Å². The Kier molecular flexibility index (Phi) is 12.1. The molecule has 4 N–H and O–H groups in total. The molecule has 3 aromatic rings. The van der Waals surface area contributed by atoms with E-state index in [2.05, 4.69) is 14.7 Å². The van der Waals surface area contributed by atoms with Gasteiger partial charge in [-0.1, -0.05) is 37.3 Å². The molecule has 0 bridgehead atoms. The lowest BCUT2D eigenvalue weighted by atomic mass is 10.1. The molecule has 2 aromatic carbocycles. The van der Waals surface area contributed by atoms with E-state index in [0.717, 1.165) is 23.0 Å². The maximum absolute atomic E-state index is 13.7. The van der Waals surface area contributed by atoms with Crippen LogP contribution in [0.25, 0.3) is 10.6 Å². The van der Waals surface area contributed by atoms with E-state index in [1.54, 1.807) is 12.1 Å². The predicted octanol–water partition coefficient (Wildman–Crippen LogP) is 6.02. The molecule has 0 aliphatic heterocycles. The summed E-state index contributed by atoms with van der Waals surface area (Å²) in [6.07, 6.45) is -2.77. The lowest BCUT2D eigenvalue weighted by Gasteiger charge is -2.15. The molecule has 0 saturated carbocycles. The zero-order valence-corrected chi connectivity index (χ0v) is 21.4. The lowest BCUT2D eigenvalue weighted by molar-refractivity contribution is -0.138. The summed E-state index contributed by atoms with van der Waals surface area (Å²) >= 11 is 0.979. The summed E-state index contributed by atoms with van der Waals surface area (Å²) in [5.74, 6) is -0.605. The first kappa shape index (κ1) is 30.0. The number of halogens is 4. The number of hydrogen-bond acceptors (Lipinski definition) is 8. The minimum Gasteiger partial charge on any atom is -0.493 e. The molecule has 1 heterocycles. The number of nitrogens with zero attached hydrogens (tertiary/aromatic N) is 2. The number of rotatable bonds is 11. The minimum atomic E-state index is -4.64. The van der Waals surface area contributed by atoms with Crippen LogP contribution in [-0.4, -0.2) is 33.2 Å². The fourth-order valence-electron chi connectivity index (χ4n) is 2.99. The van der Waals surface area contributed by atoms with Crippen molar-refractivity contribution in [2.45, 2.75) is 45.3 Å². The first-order chi connectivity index (χ1) is 17.1. The smallest absolute Gasteiger partial charge is 0.419 e. The molecule has 13 heteroatoms. The van der Waals surface area contributed by atoms with E-state index in [4.69, 9.17) is 20.3 Å². The molecule has 0 radical (unpaired) electrons. The number of alkyl halides is 3. The number of benzene rings is 2. The Balaban J connectivity index is 0.00000222. The van der Waals surface area contributed by atoms with Gasteiger partial charge in [0.2, 0.25) is 0 Å². The normalized spacial score (nSPS) is 12.3. The molecule has 198 valence electrons. The average molecular weight is 550 g/mol. The van der Waals surface area contributed by atoms with Crippen molar-refractivity contribution in [2.24, 2.45) is 5.73 Å². The van der Waals surface area contributed by atoms with Crippen LogP contribution in [-0.2, 0) is 17.1 Å². The van der Waals surface area contributed by atoms with Crippen molar-refractivity contribution in [3.8, 4) is 16.3 Å². The molecule has 36 heavy (non-hydrogen) atoms. The molecular weight excluding hydrogens is 521 g/mol. The predicted molar refractivity (Wildman–Crippen MR) is 131 cm³/mol. The SMILES string of the molecule is CC.NC(COP(O)O)c1nnc(-c2ccc(OCCCCc3ccc(F)cc3)c(C(F)(F)F)c2)s1. The highest BCUT2D eigenvalue weighted by Gasteiger charge is 2.35. The van der Waals surface area contributed by atoms with Crippen LogP contribution in [0, 0.1) is 5.82 Å². The third-order valence-electron chi connectivity index (χ3n) is 4.69. The summed E-state index contributed by atoms with van der Waals surface area (Å²) < 4.78 is 64.0. The zero-order chi connectivity index (χ0) is 26.7. The molecule has 0 saturated heterocycles. The standard InChI is InChI=1S/C21H22F4N3O4PS.C2H6/c22-15-7-4-13(5-8-15)3-1-2-10-31-18-9-6-14(11-16(18)21(23,24)25)19-27-28-20(34-19)17(26)12-32-33(29)30;1-2/h4-9,11,17,29-30H,1-3,10,12,26H2;1-2H3. The zero-order valence-electron chi connectivity index (χ0n) is 19.7. The summed E-state index contributed by atoms with van der Waals surface area (Å²) in [5.41, 5.74) is 6.04. The Morgan fingerprint density at radius 3 is 2.39 bits per heavy atom. The Morgan fingerprint density at radius 1 is 1.06 bits per heavy atom. The number of unbranched alkanes of at least 4 members (excludes halogenated alkanes) is 1. The van der Waals surface area contributed by atoms with Gasteiger partial charge in [0.1, 0.15) is 21.6 Å². The van der Waals surface area contributed by atoms with E-state index in [1.807, 2.05) is 13.8 Å². The van der Waals surface area contributed by atoms with Crippen molar-refractivity contribution < 1.29 is 36.6 Å². The van der Waals surface area contributed by atoms with Crippen molar-refractivity contribution in [3.63, 3.8) is 0 Å². The van der Waals surface area contributed by atoms with Gasteiger partial charge in [0.25, 0.3) is 0 Å². The highest BCUT2D eigenvalue weighted by Crippen LogP contribution is 2.39. The topological polar surface area (TPSA) is 111 Å². The average Bonchev–Trinajstić information content (AvgIpc) is 3.35. The summed E-state index contributed by atoms with van der Waals surface area (Å²) in [6, 6.07) is 8.91. The fraction of sp³-hybridized carbons (Fsp3) is 0.391. The van der Waals surface area contributed by atoms with Crippen LogP contribution in [0.2, 0.25) is 0 Å². The van der Waals surface area contributed by atoms with E-state index in [9.17, 15) is 17.6 Å². The number of aryl methyl sites for hydroxylation is 1. The van der Waals surface area contributed by atoms with Crippen molar-refractivity contribution in [1.82, 2.24) is 10.2 Å². The van der Waals surface area contributed by atoms with Crippen LogP contribution in [0.4, 0.5) is 17.6 Å². The molecule has 1 unspecified atom stereocenters. The largest absolute Gasteiger partial charge is 0.493 e. The Hall–Kier alpha value is -2.21. The van der Waals surface area contributed by atoms with Gasteiger partial charge in [0.05, 0.1) is 24.8 Å². The molecule has 3 rings (SSSR count). The van der Waals surface area contributed by atoms with Crippen molar-refractivity contribution in [1.29, 1.82) is 0 Å². The van der Waals surface area contributed by atoms with Crippen LogP contribution in [0.5, 0.6) is 5.75 Å². The number of aromatic nitrogens is 2. The van der Waals surface area contributed by atoms with Crippen molar-refractivity contribution >= 4 is 19.9 Å².